The fourth-order valence-corrected chi connectivity index (χ4v) is 2.56. The second kappa shape index (κ2) is 3.88. The highest BCUT2D eigenvalue weighted by atomic mass is 35.5. The van der Waals surface area contributed by atoms with E-state index in [0.29, 0.717) is 18.7 Å². The molecule has 2 amide bonds. The Labute approximate surface area is 109 Å². The summed E-state index contributed by atoms with van der Waals surface area (Å²) < 4.78 is 0. The highest BCUT2D eigenvalue weighted by Gasteiger charge is 2.48. The molecule has 3 rings (SSSR count). The van der Waals surface area contributed by atoms with Gasteiger partial charge in [0.15, 0.2) is 0 Å². The van der Waals surface area contributed by atoms with Gasteiger partial charge in [-0.25, -0.2) is 0 Å². The zero-order valence-electron chi connectivity index (χ0n) is 9.57. The van der Waals surface area contributed by atoms with Crippen molar-refractivity contribution in [3.8, 4) is 0 Å². The fourth-order valence-electron chi connectivity index (χ4n) is 2.39. The normalized spacial score (nSPS) is 19.6. The van der Waals surface area contributed by atoms with E-state index >= 15 is 0 Å². The smallest absolute Gasteiger partial charge is 0.255 e. The van der Waals surface area contributed by atoms with Crippen molar-refractivity contribution in [3.05, 3.63) is 29.8 Å². The number of hydrogen-bond donors (Lipinski definition) is 2. The van der Waals surface area contributed by atoms with E-state index in [1.165, 1.54) is 0 Å². The molecule has 2 aliphatic rings. The van der Waals surface area contributed by atoms with Crippen LogP contribution in [0.25, 0.3) is 0 Å². The van der Waals surface area contributed by atoms with Crippen LogP contribution in [0.3, 0.4) is 0 Å². The van der Waals surface area contributed by atoms with E-state index in [4.69, 9.17) is 11.6 Å². The molecule has 1 saturated heterocycles. The van der Waals surface area contributed by atoms with Crippen LogP contribution in [0.4, 0.5) is 5.69 Å². The Balaban J connectivity index is 1.80. The molecule has 0 bridgehead atoms. The Morgan fingerprint density at radius 3 is 2.78 bits per heavy atom. The first-order valence-electron chi connectivity index (χ1n) is 5.67. The second-order valence-corrected chi connectivity index (χ2v) is 4.86. The number of hydrogen-bond acceptors (Lipinski definition) is 3. The van der Waals surface area contributed by atoms with Crippen molar-refractivity contribution in [2.45, 2.75) is 5.66 Å². The zero-order valence-corrected chi connectivity index (χ0v) is 10.3. The molecule has 0 unspecified atom stereocenters. The first kappa shape index (κ1) is 11.3. The van der Waals surface area contributed by atoms with Gasteiger partial charge in [-0.3, -0.25) is 9.59 Å². The number of amides is 2. The quantitative estimate of drug-likeness (QED) is 0.732. The van der Waals surface area contributed by atoms with Crippen molar-refractivity contribution in [3.63, 3.8) is 0 Å². The van der Waals surface area contributed by atoms with Crippen LogP contribution in [0.2, 0.25) is 0 Å². The van der Waals surface area contributed by atoms with Gasteiger partial charge in [0, 0.05) is 5.69 Å². The Bertz CT molecular complexity index is 526. The van der Waals surface area contributed by atoms with Crippen molar-refractivity contribution in [1.82, 2.24) is 10.2 Å². The van der Waals surface area contributed by atoms with Gasteiger partial charge in [0.1, 0.15) is 11.5 Å². The van der Waals surface area contributed by atoms with E-state index in [1.807, 2.05) is 18.2 Å². The third-order valence-corrected chi connectivity index (χ3v) is 3.52. The van der Waals surface area contributed by atoms with Crippen LogP contribution < -0.4 is 10.6 Å². The molecule has 1 spiro atoms. The predicted octanol–water partition coefficient (Wildman–Crippen LogP) is 0.619. The van der Waals surface area contributed by atoms with Crippen LogP contribution >= 0.6 is 11.6 Å². The lowest BCUT2D eigenvalue weighted by Gasteiger charge is -2.52. The third kappa shape index (κ3) is 1.62. The van der Waals surface area contributed by atoms with Crippen molar-refractivity contribution >= 4 is 29.1 Å². The average molecular weight is 266 g/mol. The highest BCUT2D eigenvalue weighted by molar-refractivity contribution is 6.27. The Hall–Kier alpha value is -1.75. The lowest BCUT2D eigenvalue weighted by atomic mass is 9.95. The maximum atomic E-state index is 12.0. The molecule has 1 aromatic carbocycles. The number of nitrogens with zero attached hydrogens (tertiary/aromatic N) is 1. The van der Waals surface area contributed by atoms with E-state index < -0.39 is 5.66 Å². The van der Waals surface area contributed by atoms with Gasteiger partial charge in [-0.05, 0) is 12.1 Å². The van der Waals surface area contributed by atoms with Gasteiger partial charge in [-0.2, -0.15) is 0 Å². The molecule has 0 aromatic heterocycles. The summed E-state index contributed by atoms with van der Waals surface area (Å²) in [5.74, 6) is -0.250. The van der Waals surface area contributed by atoms with Gasteiger partial charge >= 0.3 is 0 Å². The lowest BCUT2D eigenvalue weighted by Crippen LogP contribution is -2.76. The number of nitrogens with one attached hydrogen (secondary N) is 2. The molecule has 5 nitrogen and oxygen atoms in total. The van der Waals surface area contributed by atoms with E-state index in [2.05, 4.69) is 10.6 Å². The molecule has 0 aliphatic carbocycles. The summed E-state index contributed by atoms with van der Waals surface area (Å²) in [5, 5.41) is 6.19. The molecule has 1 aromatic rings. The van der Waals surface area contributed by atoms with Crippen LogP contribution in [-0.4, -0.2) is 41.3 Å². The number of halogens is 1. The van der Waals surface area contributed by atoms with E-state index in [9.17, 15) is 9.59 Å². The number of rotatable bonds is 1. The highest BCUT2D eigenvalue weighted by Crippen LogP contribution is 2.30. The van der Waals surface area contributed by atoms with Gasteiger partial charge in [-0.15, -0.1) is 11.6 Å². The minimum Gasteiger partial charge on any atom is -0.359 e. The average Bonchev–Trinajstić information content (AvgIpc) is 2.35. The van der Waals surface area contributed by atoms with Gasteiger partial charge in [0.25, 0.3) is 5.91 Å². The number of alkyl halides is 1. The van der Waals surface area contributed by atoms with E-state index in [-0.39, 0.29) is 17.7 Å². The zero-order chi connectivity index (χ0) is 12.8. The summed E-state index contributed by atoms with van der Waals surface area (Å²) in [4.78, 5) is 25.0. The minimum absolute atomic E-state index is 0.0272. The third-order valence-electron chi connectivity index (χ3n) is 3.29. The SMILES string of the molecule is O=C1NC2(CN(C(=O)CCl)C2)Nc2ccccc21. The molecule has 2 heterocycles. The summed E-state index contributed by atoms with van der Waals surface area (Å²) >= 11 is 5.50. The number of anilines is 1. The van der Waals surface area contributed by atoms with Gasteiger partial charge in [0.05, 0.1) is 18.7 Å². The van der Waals surface area contributed by atoms with E-state index in [0.717, 1.165) is 5.69 Å². The van der Waals surface area contributed by atoms with Crippen LogP contribution in [-0.2, 0) is 4.79 Å². The molecule has 6 heteroatoms. The van der Waals surface area contributed by atoms with E-state index in [1.54, 1.807) is 11.0 Å². The molecule has 2 N–H and O–H groups in total. The van der Waals surface area contributed by atoms with Crippen LogP contribution in [0.15, 0.2) is 24.3 Å². The van der Waals surface area contributed by atoms with Gasteiger partial charge < -0.3 is 15.5 Å². The Morgan fingerprint density at radius 2 is 2.06 bits per heavy atom. The Morgan fingerprint density at radius 1 is 1.33 bits per heavy atom. The largest absolute Gasteiger partial charge is 0.359 e. The topological polar surface area (TPSA) is 61.4 Å². The van der Waals surface area contributed by atoms with Gasteiger partial charge in [-0.1, -0.05) is 12.1 Å². The molecule has 0 atom stereocenters. The molecule has 94 valence electrons. The van der Waals surface area contributed by atoms with Crippen LogP contribution in [0.5, 0.6) is 0 Å². The number of likely N-dealkylation sites (tertiary alicyclic amines) is 1. The number of fused-ring (bicyclic) bond motifs is 1. The second-order valence-electron chi connectivity index (χ2n) is 4.59. The molecule has 0 radical (unpaired) electrons. The fraction of sp³-hybridized carbons (Fsp3) is 0.333. The lowest BCUT2D eigenvalue weighted by molar-refractivity contribution is -0.135. The number of para-hydroxylation sites is 1. The number of carbonyl (C=O) groups excluding carboxylic acids is 2. The maximum absolute atomic E-state index is 12.0. The summed E-state index contributed by atoms with van der Waals surface area (Å²) in [6.45, 7) is 0.886. The van der Waals surface area contributed by atoms with Gasteiger partial charge in [0.2, 0.25) is 5.91 Å². The molecule has 18 heavy (non-hydrogen) atoms. The molecule has 0 saturated carbocycles. The molecule has 1 fully saturated rings. The number of carbonyl (C=O) groups is 2. The van der Waals surface area contributed by atoms with Crippen molar-refractivity contribution in [2.75, 3.05) is 24.3 Å². The summed E-state index contributed by atoms with van der Waals surface area (Å²) in [6, 6.07) is 7.33. The first-order chi connectivity index (χ1) is 8.63. The summed E-state index contributed by atoms with van der Waals surface area (Å²) in [5.41, 5.74) is 0.900. The standard InChI is InChI=1S/C12H12ClN3O2/c13-5-10(17)16-6-12(7-16)14-9-4-2-1-3-8(9)11(18)15-12/h1-4,14H,5-7H2,(H,15,18). The monoisotopic (exact) mass is 265 g/mol. The van der Waals surface area contributed by atoms with Crippen molar-refractivity contribution < 1.29 is 9.59 Å². The Kier molecular flexibility index (Phi) is 2.45. The molecule has 2 aliphatic heterocycles. The predicted molar refractivity (Wildman–Crippen MR) is 67.6 cm³/mol. The maximum Gasteiger partial charge on any atom is 0.255 e. The summed E-state index contributed by atoms with van der Waals surface area (Å²) in [6.07, 6.45) is 0. The van der Waals surface area contributed by atoms with Crippen molar-refractivity contribution in [2.24, 2.45) is 0 Å². The van der Waals surface area contributed by atoms with Crippen molar-refractivity contribution in [1.29, 1.82) is 0 Å². The molecular formula is C12H12ClN3O2. The number of benzene rings is 1. The minimum atomic E-state index is -0.535. The summed E-state index contributed by atoms with van der Waals surface area (Å²) in [7, 11) is 0. The van der Waals surface area contributed by atoms with Crippen LogP contribution in [0.1, 0.15) is 10.4 Å². The molecular weight excluding hydrogens is 254 g/mol. The van der Waals surface area contributed by atoms with Crippen LogP contribution in [0, 0.1) is 0 Å². The first-order valence-corrected chi connectivity index (χ1v) is 6.20.